The molecule has 1 atom stereocenters. The summed E-state index contributed by atoms with van der Waals surface area (Å²) in [6.07, 6.45) is 0.911. The monoisotopic (exact) mass is 283 g/mol. The maximum absolute atomic E-state index is 11.9. The summed E-state index contributed by atoms with van der Waals surface area (Å²) in [5.74, 6) is 0.573. The first kappa shape index (κ1) is 13.5. The second-order valence-corrected chi connectivity index (χ2v) is 5.10. The molecular formula is C16H17N3O2. The smallest absolute Gasteiger partial charge is 0.343 e. The topological polar surface area (TPSA) is 78.1 Å². The first-order chi connectivity index (χ1) is 10.1. The first-order valence-corrected chi connectivity index (χ1v) is 7.00. The number of benzene rings is 1. The van der Waals surface area contributed by atoms with Crippen molar-refractivity contribution in [3.63, 3.8) is 0 Å². The zero-order valence-electron chi connectivity index (χ0n) is 12.1. The second kappa shape index (κ2) is 5.16. The molecule has 0 amide bonds. The SMILES string of the molecule is CCOC(=O)c1c(C)nc(C2Cc3ccccc32)nc1N. The van der Waals surface area contributed by atoms with Crippen LogP contribution in [0.25, 0.3) is 0 Å². The molecule has 2 aromatic rings. The highest BCUT2D eigenvalue weighted by Gasteiger charge is 2.30. The fourth-order valence-electron chi connectivity index (χ4n) is 2.72. The first-order valence-electron chi connectivity index (χ1n) is 7.00. The lowest BCUT2D eigenvalue weighted by Gasteiger charge is -2.29. The molecule has 3 rings (SSSR count). The van der Waals surface area contributed by atoms with Gasteiger partial charge in [-0.1, -0.05) is 24.3 Å². The molecule has 1 heterocycles. The molecule has 1 aliphatic carbocycles. The lowest BCUT2D eigenvalue weighted by molar-refractivity contribution is 0.0525. The number of nitrogens with two attached hydrogens (primary N) is 1. The van der Waals surface area contributed by atoms with Gasteiger partial charge in [0.2, 0.25) is 0 Å². The molecular weight excluding hydrogens is 266 g/mol. The van der Waals surface area contributed by atoms with Gasteiger partial charge in [0.1, 0.15) is 17.2 Å². The number of carbonyl (C=O) groups excluding carboxylic acids is 1. The van der Waals surface area contributed by atoms with Crippen molar-refractivity contribution in [1.82, 2.24) is 9.97 Å². The van der Waals surface area contributed by atoms with Gasteiger partial charge in [0.25, 0.3) is 0 Å². The third kappa shape index (κ3) is 2.24. The van der Waals surface area contributed by atoms with E-state index >= 15 is 0 Å². The summed E-state index contributed by atoms with van der Waals surface area (Å²) in [5, 5.41) is 0. The van der Waals surface area contributed by atoms with Crippen LogP contribution in [0.3, 0.4) is 0 Å². The number of aromatic nitrogens is 2. The lowest BCUT2D eigenvalue weighted by Crippen LogP contribution is -2.23. The Morgan fingerprint density at radius 3 is 2.81 bits per heavy atom. The molecule has 0 radical (unpaired) electrons. The quantitative estimate of drug-likeness (QED) is 0.874. The minimum absolute atomic E-state index is 0.165. The Kier molecular flexibility index (Phi) is 3.33. The van der Waals surface area contributed by atoms with Crippen LogP contribution in [0.1, 0.15) is 45.8 Å². The van der Waals surface area contributed by atoms with Crippen LogP contribution < -0.4 is 5.73 Å². The standard InChI is InChI=1S/C16H17N3O2/c1-3-21-16(20)13-9(2)18-15(19-14(13)17)12-8-10-6-4-5-7-11(10)12/h4-7,12H,3,8H2,1-2H3,(H2,17,18,19). The molecule has 1 aromatic carbocycles. The van der Waals surface area contributed by atoms with Gasteiger partial charge in [-0.3, -0.25) is 0 Å². The Labute approximate surface area is 123 Å². The molecule has 5 nitrogen and oxygen atoms in total. The minimum Gasteiger partial charge on any atom is -0.462 e. The van der Waals surface area contributed by atoms with Crippen LogP contribution in [0.5, 0.6) is 0 Å². The van der Waals surface area contributed by atoms with Crippen molar-refractivity contribution in [2.75, 3.05) is 12.3 Å². The third-order valence-corrected chi connectivity index (χ3v) is 3.78. The Bertz CT molecular complexity index is 689. The van der Waals surface area contributed by atoms with Crippen molar-refractivity contribution in [1.29, 1.82) is 0 Å². The summed E-state index contributed by atoms with van der Waals surface area (Å²) in [6.45, 7) is 3.82. The fourth-order valence-corrected chi connectivity index (χ4v) is 2.72. The van der Waals surface area contributed by atoms with Gasteiger partial charge in [0.05, 0.1) is 12.3 Å². The number of aryl methyl sites for hydroxylation is 1. The highest BCUT2D eigenvalue weighted by molar-refractivity contribution is 5.95. The average Bonchev–Trinajstić information content (AvgIpc) is 2.40. The zero-order chi connectivity index (χ0) is 15.0. The molecule has 1 aliphatic rings. The Morgan fingerprint density at radius 1 is 1.38 bits per heavy atom. The van der Waals surface area contributed by atoms with E-state index in [0.717, 1.165) is 6.42 Å². The van der Waals surface area contributed by atoms with Gasteiger partial charge < -0.3 is 10.5 Å². The minimum atomic E-state index is -0.465. The van der Waals surface area contributed by atoms with Crippen LogP contribution in [0, 0.1) is 6.92 Å². The molecule has 5 heteroatoms. The number of nitrogen functional groups attached to an aromatic ring is 1. The number of esters is 1. The molecule has 0 bridgehead atoms. The van der Waals surface area contributed by atoms with E-state index in [-0.39, 0.29) is 17.3 Å². The predicted molar refractivity (Wildman–Crippen MR) is 79.1 cm³/mol. The average molecular weight is 283 g/mol. The number of rotatable bonds is 3. The summed E-state index contributed by atoms with van der Waals surface area (Å²) in [5.41, 5.74) is 9.33. The van der Waals surface area contributed by atoms with Crippen LogP contribution in [0.4, 0.5) is 5.82 Å². The predicted octanol–water partition coefficient (Wildman–Crippen LogP) is 2.23. The zero-order valence-corrected chi connectivity index (χ0v) is 12.1. The number of carbonyl (C=O) groups is 1. The van der Waals surface area contributed by atoms with E-state index in [4.69, 9.17) is 10.5 Å². The molecule has 21 heavy (non-hydrogen) atoms. The van der Waals surface area contributed by atoms with Crippen molar-refractivity contribution in [3.8, 4) is 0 Å². The fraction of sp³-hybridized carbons (Fsp3) is 0.312. The number of hydrogen-bond donors (Lipinski definition) is 1. The molecule has 0 saturated heterocycles. The van der Waals surface area contributed by atoms with Crippen molar-refractivity contribution in [2.24, 2.45) is 0 Å². The molecule has 1 aromatic heterocycles. The lowest BCUT2D eigenvalue weighted by atomic mass is 9.77. The molecule has 0 saturated carbocycles. The van der Waals surface area contributed by atoms with E-state index in [1.165, 1.54) is 11.1 Å². The molecule has 0 aliphatic heterocycles. The second-order valence-electron chi connectivity index (χ2n) is 5.10. The van der Waals surface area contributed by atoms with E-state index in [0.29, 0.717) is 18.1 Å². The van der Waals surface area contributed by atoms with E-state index in [9.17, 15) is 4.79 Å². The van der Waals surface area contributed by atoms with Crippen LogP contribution in [0.2, 0.25) is 0 Å². The van der Waals surface area contributed by atoms with Gasteiger partial charge in [-0.25, -0.2) is 14.8 Å². The van der Waals surface area contributed by atoms with Gasteiger partial charge in [-0.15, -0.1) is 0 Å². The van der Waals surface area contributed by atoms with E-state index in [1.807, 2.05) is 12.1 Å². The van der Waals surface area contributed by atoms with Crippen molar-refractivity contribution >= 4 is 11.8 Å². The summed E-state index contributed by atoms with van der Waals surface area (Å²) in [7, 11) is 0. The molecule has 1 unspecified atom stereocenters. The molecule has 2 N–H and O–H groups in total. The number of fused-ring (bicyclic) bond motifs is 1. The van der Waals surface area contributed by atoms with E-state index in [2.05, 4.69) is 22.1 Å². The molecule has 0 spiro atoms. The van der Waals surface area contributed by atoms with Gasteiger partial charge in [-0.05, 0) is 31.4 Å². The molecule has 0 fully saturated rings. The Morgan fingerprint density at radius 2 is 2.14 bits per heavy atom. The maximum Gasteiger partial charge on any atom is 0.343 e. The normalized spacial score (nSPS) is 16.0. The summed E-state index contributed by atoms with van der Waals surface area (Å²) >= 11 is 0. The third-order valence-electron chi connectivity index (χ3n) is 3.78. The molecule has 108 valence electrons. The van der Waals surface area contributed by atoms with Gasteiger partial charge >= 0.3 is 5.97 Å². The van der Waals surface area contributed by atoms with E-state index < -0.39 is 5.97 Å². The number of hydrogen-bond acceptors (Lipinski definition) is 5. The van der Waals surface area contributed by atoms with Crippen LogP contribution in [-0.4, -0.2) is 22.5 Å². The van der Waals surface area contributed by atoms with Crippen molar-refractivity contribution in [3.05, 3.63) is 52.5 Å². The van der Waals surface area contributed by atoms with Gasteiger partial charge in [0, 0.05) is 5.92 Å². The van der Waals surface area contributed by atoms with Crippen LogP contribution >= 0.6 is 0 Å². The van der Waals surface area contributed by atoms with E-state index in [1.54, 1.807) is 13.8 Å². The number of ether oxygens (including phenoxy) is 1. The van der Waals surface area contributed by atoms with Gasteiger partial charge in [-0.2, -0.15) is 0 Å². The Hall–Kier alpha value is -2.43. The highest BCUT2D eigenvalue weighted by Crippen LogP contribution is 2.38. The Balaban J connectivity index is 1.95. The van der Waals surface area contributed by atoms with Crippen LogP contribution in [0.15, 0.2) is 24.3 Å². The van der Waals surface area contributed by atoms with Crippen LogP contribution in [-0.2, 0) is 11.2 Å². The van der Waals surface area contributed by atoms with Gasteiger partial charge in [0.15, 0.2) is 0 Å². The summed E-state index contributed by atoms with van der Waals surface area (Å²) < 4.78 is 4.99. The number of anilines is 1. The number of nitrogens with zero attached hydrogens (tertiary/aromatic N) is 2. The highest BCUT2D eigenvalue weighted by atomic mass is 16.5. The summed E-state index contributed by atoms with van der Waals surface area (Å²) in [6, 6.07) is 8.22. The van der Waals surface area contributed by atoms with Crippen molar-refractivity contribution in [2.45, 2.75) is 26.2 Å². The van der Waals surface area contributed by atoms with Crippen molar-refractivity contribution < 1.29 is 9.53 Å². The largest absolute Gasteiger partial charge is 0.462 e. The summed E-state index contributed by atoms with van der Waals surface area (Å²) in [4.78, 5) is 20.7. The maximum atomic E-state index is 11.9.